The molecule has 3 aromatic carbocycles. The van der Waals surface area contributed by atoms with Gasteiger partial charge in [0.15, 0.2) is 11.6 Å². The largest absolute Gasteiger partial charge is 0.871 e. The highest BCUT2D eigenvalue weighted by atomic mass is 35.5. The molecule has 1 aliphatic carbocycles. The summed E-state index contributed by atoms with van der Waals surface area (Å²) in [5.41, 5.74) is -0.471. The van der Waals surface area contributed by atoms with Crippen molar-refractivity contribution in [3.8, 4) is 39.7 Å². The summed E-state index contributed by atoms with van der Waals surface area (Å²) in [5.74, 6) is -11.7. The number of aliphatic carboxylic acids is 4. The molecule has 0 fully saturated rings. The Morgan fingerprint density at radius 2 is 1.30 bits per heavy atom. The van der Waals surface area contributed by atoms with E-state index in [4.69, 9.17) is 37.1 Å². The van der Waals surface area contributed by atoms with E-state index >= 15 is 0 Å². The molecule has 0 radical (unpaired) electrons. The number of benzene rings is 4. The third-order valence-electron chi connectivity index (χ3n) is 7.65. The highest BCUT2D eigenvalue weighted by Crippen LogP contribution is 2.45. The third-order valence-corrected chi connectivity index (χ3v) is 8.24. The first-order valence-corrected chi connectivity index (χ1v) is 16.0. The molecule has 0 spiro atoms. The molecule has 282 valence electrons. The van der Waals surface area contributed by atoms with E-state index in [1.54, 1.807) is 0 Å². The minimum absolute atomic E-state index is 0.00317. The highest BCUT2D eigenvalue weighted by Gasteiger charge is 2.24. The van der Waals surface area contributed by atoms with Gasteiger partial charge in [-0.2, -0.15) is 4.39 Å². The van der Waals surface area contributed by atoms with Crippen LogP contribution in [0.2, 0.25) is 10.0 Å². The topological polar surface area (TPSA) is 239 Å². The van der Waals surface area contributed by atoms with E-state index in [9.17, 15) is 58.3 Å². The fourth-order valence-corrected chi connectivity index (χ4v) is 5.86. The molecular weight excluding hydrogens is 765 g/mol. The Balaban J connectivity index is 1.60. The predicted molar refractivity (Wildman–Crippen MR) is 176 cm³/mol. The molecule has 19 heteroatoms. The third kappa shape index (κ3) is 8.65. The Morgan fingerprint density at radius 1 is 0.722 bits per heavy atom. The van der Waals surface area contributed by atoms with Gasteiger partial charge in [0, 0.05) is 27.6 Å². The first kappa shape index (κ1) is 38.9. The van der Waals surface area contributed by atoms with Crippen LogP contribution in [-0.2, 0) is 19.2 Å². The summed E-state index contributed by atoms with van der Waals surface area (Å²) in [7, 11) is 0. The molecule has 0 saturated heterocycles. The summed E-state index contributed by atoms with van der Waals surface area (Å²) < 4.78 is 46.3. The van der Waals surface area contributed by atoms with Crippen molar-refractivity contribution in [2.24, 2.45) is 0 Å². The summed E-state index contributed by atoms with van der Waals surface area (Å²) in [6, 6.07) is 10.2. The van der Waals surface area contributed by atoms with Gasteiger partial charge in [-0.05, 0) is 48.0 Å². The van der Waals surface area contributed by atoms with E-state index in [0.29, 0.717) is 11.0 Å². The lowest BCUT2D eigenvalue weighted by Gasteiger charge is -2.29. The van der Waals surface area contributed by atoms with Crippen molar-refractivity contribution in [1.29, 1.82) is 0 Å². The second kappa shape index (κ2) is 16.1. The van der Waals surface area contributed by atoms with E-state index in [2.05, 4.69) is 0 Å². The van der Waals surface area contributed by atoms with E-state index < -0.39 is 97.5 Å². The van der Waals surface area contributed by atoms with Crippen LogP contribution in [0.5, 0.6) is 17.2 Å². The number of carbonyl (C=O) groups excluding carboxylic acids is 4. The van der Waals surface area contributed by atoms with Crippen LogP contribution in [0.3, 0.4) is 0 Å². The van der Waals surface area contributed by atoms with Crippen molar-refractivity contribution >= 4 is 69.4 Å². The summed E-state index contributed by atoms with van der Waals surface area (Å²) >= 11 is 12.3. The minimum atomic E-state index is -1.76. The van der Waals surface area contributed by atoms with Gasteiger partial charge < -0.3 is 68.4 Å². The molecule has 1 aliphatic heterocycles. The smallest absolute Gasteiger partial charge is 0.202 e. The number of ether oxygens (including phenoxy) is 2. The molecule has 3 aromatic rings. The Morgan fingerprint density at radius 3 is 1.91 bits per heavy atom. The fraction of sp³-hybridized carbons (Fsp3) is 0.171. The lowest BCUT2D eigenvalue weighted by atomic mass is 9.93. The van der Waals surface area contributed by atoms with Crippen molar-refractivity contribution in [3.05, 3.63) is 86.5 Å². The number of anilines is 2. The zero-order valence-electron chi connectivity index (χ0n) is 27.2. The molecule has 5 rings (SSSR count). The van der Waals surface area contributed by atoms with Gasteiger partial charge in [-0.3, -0.25) is 4.79 Å². The number of hydrogen-bond donors (Lipinski definition) is 0. The minimum Gasteiger partial charge on any atom is -0.871 e. The first-order chi connectivity index (χ1) is 25.5. The number of nitrogens with zero attached hydrogens (tertiary/aromatic N) is 2. The summed E-state index contributed by atoms with van der Waals surface area (Å²) in [6.07, 6.45) is 0. The number of halogens is 4. The fourth-order valence-electron chi connectivity index (χ4n) is 5.53. The Bertz CT molecular complexity index is 2300. The van der Waals surface area contributed by atoms with Crippen LogP contribution in [-0.4, -0.2) is 63.3 Å². The van der Waals surface area contributed by atoms with Gasteiger partial charge in [0.2, 0.25) is 11.2 Å². The molecule has 0 unspecified atom stereocenters. The van der Waals surface area contributed by atoms with Crippen molar-refractivity contribution in [3.63, 3.8) is 0 Å². The van der Waals surface area contributed by atoms with Crippen LogP contribution >= 0.6 is 23.2 Å². The van der Waals surface area contributed by atoms with Gasteiger partial charge >= 0.3 is 0 Å². The lowest BCUT2D eigenvalue weighted by molar-refractivity contribution is -0.307. The van der Waals surface area contributed by atoms with Gasteiger partial charge in [-0.25, -0.2) is 4.39 Å². The monoisotopic (exact) mass is 785 g/mol. The molecule has 15 nitrogen and oxygen atoms in total. The SMILES string of the molecule is O=C([O-])CN(CC(=O)[O-])c1ccc(-c2c3cc(Cl)c(=O)cc-3oc3cc([O-])c(Cl)cc23)cc1OCCOc1c(N(CC(=O)[O-])CC(=O)[O-])ccc(F)c1F. The molecule has 1 heterocycles. The van der Waals surface area contributed by atoms with Crippen LogP contribution in [0.15, 0.2) is 63.8 Å². The van der Waals surface area contributed by atoms with Crippen molar-refractivity contribution in [1.82, 2.24) is 0 Å². The van der Waals surface area contributed by atoms with E-state index in [1.165, 1.54) is 30.3 Å². The maximum atomic E-state index is 15.0. The second-order valence-corrected chi connectivity index (χ2v) is 12.1. The van der Waals surface area contributed by atoms with Crippen LogP contribution in [0.1, 0.15) is 0 Å². The quantitative estimate of drug-likeness (QED) is 0.0887. The Kier molecular flexibility index (Phi) is 11.6. The van der Waals surface area contributed by atoms with Gasteiger partial charge in [0.25, 0.3) is 0 Å². The van der Waals surface area contributed by atoms with Crippen LogP contribution in [0.25, 0.3) is 33.4 Å². The van der Waals surface area contributed by atoms with Gasteiger partial charge in [0.1, 0.15) is 30.3 Å². The molecular formula is C35H21Cl2F2N2O13-5. The number of carboxylic acid groups (broad SMARTS) is 4. The molecule has 0 aromatic heterocycles. The van der Waals surface area contributed by atoms with Crippen molar-refractivity contribution in [2.75, 3.05) is 49.2 Å². The molecule has 54 heavy (non-hydrogen) atoms. The van der Waals surface area contributed by atoms with Gasteiger partial charge in [-0.1, -0.05) is 35.0 Å². The maximum Gasteiger partial charge on any atom is 0.202 e. The Labute approximate surface area is 311 Å². The zero-order chi connectivity index (χ0) is 39.4. The molecule has 2 aliphatic rings. The number of rotatable bonds is 16. The normalized spacial score (nSPS) is 11.0. The molecule has 0 bridgehead atoms. The van der Waals surface area contributed by atoms with Gasteiger partial charge in [-0.15, -0.1) is 0 Å². The maximum absolute atomic E-state index is 15.0. The predicted octanol–water partition coefficient (Wildman–Crippen LogP) is -0.706. The van der Waals surface area contributed by atoms with Gasteiger partial charge in [0.05, 0.1) is 66.5 Å². The molecule has 0 amide bonds. The molecule has 0 atom stereocenters. The lowest BCUT2D eigenvalue weighted by Crippen LogP contribution is -2.44. The van der Waals surface area contributed by atoms with Crippen LogP contribution in [0.4, 0.5) is 20.2 Å². The van der Waals surface area contributed by atoms with Crippen molar-refractivity contribution in [2.45, 2.75) is 0 Å². The summed E-state index contributed by atoms with van der Waals surface area (Å²) in [4.78, 5) is 59.6. The number of carboxylic acids is 4. The second-order valence-electron chi connectivity index (χ2n) is 11.3. The number of hydrogen-bond acceptors (Lipinski definition) is 15. The Hall–Kier alpha value is -6.33. The average molecular weight is 786 g/mol. The number of carbonyl (C=O) groups is 4. The zero-order valence-corrected chi connectivity index (χ0v) is 28.7. The van der Waals surface area contributed by atoms with E-state index in [1.807, 2.05) is 0 Å². The standard InChI is InChI=1S/C35H26Cl2F2N2O13/c36-19-8-17-26(10-24(19)42)54-27-11-25(43)20(37)9-18(27)33(17)16-1-3-22(40(12-29(44)45)13-30(46)47)28(7-16)52-5-6-53-35-23(4-2-21(38)34(35)39)41(14-31(48)49)15-32(50)51/h1-4,7-11,42H,5-6,12-15H2,(H,44,45)(H,46,47)(H,48,49)(H,50,51)/p-5. The first-order valence-electron chi connectivity index (χ1n) is 15.3. The molecule has 0 saturated carbocycles. The number of fused-ring (bicyclic) bond motifs is 2. The van der Waals surface area contributed by atoms with E-state index in [0.717, 1.165) is 23.1 Å². The average Bonchev–Trinajstić information content (AvgIpc) is 3.07. The highest BCUT2D eigenvalue weighted by molar-refractivity contribution is 6.33. The van der Waals surface area contributed by atoms with Crippen LogP contribution in [0, 0.1) is 11.6 Å². The molecule has 0 N–H and O–H groups in total. The summed E-state index contributed by atoms with van der Waals surface area (Å²) in [6.45, 7) is -5.31. The van der Waals surface area contributed by atoms with Crippen LogP contribution < -0.4 is 50.2 Å². The van der Waals surface area contributed by atoms with E-state index in [-0.39, 0.29) is 54.9 Å². The summed E-state index contributed by atoms with van der Waals surface area (Å²) in [5, 5.41) is 58.0. The van der Waals surface area contributed by atoms with Crippen molar-refractivity contribution < 1.29 is 67.4 Å².